The Hall–Kier alpha value is -2.43. The number of piperidine rings is 1. The zero-order valence-corrected chi connectivity index (χ0v) is 19.8. The number of hydrogen-bond acceptors (Lipinski definition) is 6. The number of benzene rings is 2. The van der Waals surface area contributed by atoms with Gasteiger partial charge in [0.2, 0.25) is 22.0 Å². The van der Waals surface area contributed by atoms with Crippen LogP contribution in [0.5, 0.6) is 5.75 Å². The first-order valence-corrected chi connectivity index (χ1v) is 12.4. The second-order valence-electron chi connectivity index (χ2n) is 7.70. The molecule has 1 saturated heterocycles. The monoisotopic (exact) mass is 522 g/mol. The molecule has 2 heterocycles. The minimum Gasteiger partial charge on any atom is -0.475 e. The molecule has 0 radical (unpaired) electrons. The predicted octanol–water partition coefficient (Wildman–Crippen LogP) is 2.82. The molecule has 8 nitrogen and oxygen atoms in total. The fraction of sp³-hybridized carbons (Fsp3) is 0.364. The third-order valence-corrected chi connectivity index (χ3v) is 8.10. The Morgan fingerprint density at radius 2 is 1.81 bits per heavy atom. The van der Waals surface area contributed by atoms with Gasteiger partial charge in [0.1, 0.15) is 5.75 Å². The Labute approximate surface area is 195 Å². The molecule has 0 aromatic heterocycles. The number of fused-ring (bicyclic) bond motifs is 1. The molecule has 0 N–H and O–H groups in total. The number of methoxy groups -OCH3 is 1. The molecule has 4 rings (SSSR count). The Kier molecular flexibility index (Phi) is 6.55. The number of carbonyl (C=O) groups is 2. The number of hydrogen-bond donors (Lipinski definition) is 0. The molecule has 1 fully saturated rings. The molecule has 170 valence electrons. The second kappa shape index (κ2) is 9.21. The van der Waals surface area contributed by atoms with Crippen molar-refractivity contribution in [3.05, 3.63) is 53.0 Å². The first-order chi connectivity index (χ1) is 15.3. The number of esters is 1. The Balaban J connectivity index is 1.57. The van der Waals surface area contributed by atoms with E-state index in [2.05, 4.69) is 15.9 Å². The van der Waals surface area contributed by atoms with E-state index in [0.717, 1.165) is 4.47 Å². The van der Waals surface area contributed by atoms with Crippen LogP contribution in [0.3, 0.4) is 0 Å². The number of ether oxygens (including phenoxy) is 2. The van der Waals surface area contributed by atoms with Crippen LogP contribution >= 0.6 is 15.9 Å². The van der Waals surface area contributed by atoms with Crippen LogP contribution < -0.4 is 9.64 Å². The summed E-state index contributed by atoms with van der Waals surface area (Å²) in [6.45, 7) is 0.449. The molecule has 2 aromatic rings. The molecule has 10 heteroatoms. The molecule has 0 aliphatic carbocycles. The lowest BCUT2D eigenvalue weighted by molar-refractivity contribution is -0.148. The first-order valence-electron chi connectivity index (χ1n) is 10.2. The van der Waals surface area contributed by atoms with Crippen molar-refractivity contribution >= 4 is 43.5 Å². The molecular formula is C22H23BrN2O6S. The predicted molar refractivity (Wildman–Crippen MR) is 121 cm³/mol. The number of carbonyl (C=O) groups excluding carboxylic acids is 2. The summed E-state index contributed by atoms with van der Waals surface area (Å²) in [5.74, 6) is -0.915. The highest BCUT2D eigenvalue weighted by Crippen LogP contribution is 2.35. The van der Waals surface area contributed by atoms with Gasteiger partial charge < -0.3 is 14.4 Å². The zero-order valence-electron chi connectivity index (χ0n) is 17.4. The lowest BCUT2D eigenvalue weighted by atomic mass is 9.97. The van der Waals surface area contributed by atoms with Gasteiger partial charge in [0, 0.05) is 17.6 Å². The van der Waals surface area contributed by atoms with E-state index in [-0.39, 0.29) is 23.9 Å². The standard InChI is InChI=1S/C22H23BrN2O6S/c1-30-22(27)20-14-25(18-6-2-3-7-19(18)31-20)21(26)15-5-4-12-24(13-15)32(28,29)17-10-8-16(23)9-11-17/h2-3,6-11,15,20H,4-5,12-14H2,1H3/t15-,20+/m0/s1. The molecule has 0 spiro atoms. The van der Waals surface area contributed by atoms with Crippen molar-refractivity contribution in [1.29, 1.82) is 0 Å². The third-order valence-electron chi connectivity index (χ3n) is 5.69. The number of rotatable bonds is 4. The van der Waals surface area contributed by atoms with Gasteiger partial charge in [0.15, 0.2) is 0 Å². The number of anilines is 1. The normalized spacial score (nSPS) is 21.4. The fourth-order valence-corrected chi connectivity index (χ4v) is 5.82. The molecule has 0 saturated carbocycles. The van der Waals surface area contributed by atoms with E-state index < -0.39 is 28.0 Å². The highest BCUT2D eigenvalue weighted by molar-refractivity contribution is 9.10. The molecule has 2 atom stereocenters. The SMILES string of the molecule is COC(=O)[C@H]1CN(C(=O)[C@H]2CCCN(S(=O)(=O)c3ccc(Br)cc3)C2)c2ccccc2O1. The number of amides is 1. The van der Waals surface area contributed by atoms with Crippen molar-refractivity contribution in [2.75, 3.05) is 31.6 Å². The molecule has 0 bridgehead atoms. The van der Waals surface area contributed by atoms with E-state index in [0.29, 0.717) is 30.8 Å². The van der Waals surface area contributed by atoms with Gasteiger partial charge in [-0.1, -0.05) is 28.1 Å². The highest BCUT2D eigenvalue weighted by Gasteiger charge is 2.40. The molecule has 2 aliphatic heterocycles. The maximum atomic E-state index is 13.5. The molecule has 32 heavy (non-hydrogen) atoms. The van der Waals surface area contributed by atoms with Crippen molar-refractivity contribution in [3.63, 3.8) is 0 Å². The molecule has 2 aromatic carbocycles. The number of nitrogens with zero attached hydrogens (tertiary/aromatic N) is 2. The van der Waals surface area contributed by atoms with Crippen molar-refractivity contribution in [3.8, 4) is 5.75 Å². The maximum Gasteiger partial charge on any atom is 0.348 e. The molecular weight excluding hydrogens is 500 g/mol. The minimum absolute atomic E-state index is 0.0124. The average Bonchev–Trinajstić information content (AvgIpc) is 2.82. The fourth-order valence-electron chi connectivity index (χ4n) is 4.04. The zero-order chi connectivity index (χ0) is 22.9. The Morgan fingerprint density at radius 3 is 2.53 bits per heavy atom. The van der Waals surface area contributed by atoms with Gasteiger partial charge in [-0.05, 0) is 49.2 Å². The summed E-state index contributed by atoms with van der Waals surface area (Å²) in [4.78, 5) is 27.3. The highest BCUT2D eigenvalue weighted by atomic mass is 79.9. The van der Waals surface area contributed by atoms with Crippen molar-refractivity contribution < 1.29 is 27.5 Å². The third kappa shape index (κ3) is 4.39. The van der Waals surface area contributed by atoms with E-state index in [1.54, 1.807) is 48.5 Å². The van der Waals surface area contributed by atoms with Crippen LogP contribution in [0.1, 0.15) is 12.8 Å². The lowest BCUT2D eigenvalue weighted by Crippen LogP contribution is -2.52. The van der Waals surface area contributed by atoms with Gasteiger partial charge in [-0.25, -0.2) is 13.2 Å². The molecule has 0 unspecified atom stereocenters. The minimum atomic E-state index is -3.72. The van der Waals surface area contributed by atoms with Gasteiger partial charge in [-0.15, -0.1) is 0 Å². The van der Waals surface area contributed by atoms with Crippen LogP contribution in [0.2, 0.25) is 0 Å². The van der Waals surface area contributed by atoms with Crippen LogP contribution in [0.15, 0.2) is 57.9 Å². The second-order valence-corrected chi connectivity index (χ2v) is 10.6. The largest absolute Gasteiger partial charge is 0.475 e. The van der Waals surface area contributed by atoms with E-state index in [1.165, 1.54) is 16.3 Å². The summed E-state index contributed by atoms with van der Waals surface area (Å²) in [5.41, 5.74) is 0.561. The van der Waals surface area contributed by atoms with E-state index in [4.69, 9.17) is 9.47 Å². The average molecular weight is 523 g/mol. The van der Waals surface area contributed by atoms with Gasteiger partial charge >= 0.3 is 5.97 Å². The van der Waals surface area contributed by atoms with Crippen molar-refractivity contribution in [2.24, 2.45) is 5.92 Å². The first kappa shape index (κ1) is 22.8. The van der Waals surface area contributed by atoms with Gasteiger partial charge in [-0.3, -0.25) is 4.79 Å². The van der Waals surface area contributed by atoms with Crippen LogP contribution in [-0.2, 0) is 24.3 Å². The smallest absolute Gasteiger partial charge is 0.348 e. The summed E-state index contributed by atoms with van der Waals surface area (Å²) in [5, 5.41) is 0. The van der Waals surface area contributed by atoms with Gasteiger partial charge in [0.05, 0.1) is 30.2 Å². The summed E-state index contributed by atoms with van der Waals surface area (Å²) in [6, 6.07) is 13.4. The van der Waals surface area contributed by atoms with Crippen LogP contribution in [0.4, 0.5) is 5.69 Å². The van der Waals surface area contributed by atoms with Crippen molar-refractivity contribution in [1.82, 2.24) is 4.31 Å². The van der Waals surface area contributed by atoms with Gasteiger partial charge in [-0.2, -0.15) is 4.31 Å². The summed E-state index contributed by atoms with van der Waals surface area (Å²) < 4.78 is 38.9. The Bertz CT molecular complexity index is 1120. The van der Waals surface area contributed by atoms with Crippen LogP contribution in [0, 0.1) is 5.92 Å². The summed E-state index contributed by atoms with van der Waals surface area (Å²) in [7, 11) is -2.45. The Morgan fingerprint density at radius 1 is 1.09 bits per heavy atom. The number of sulfonamides is 1. The van der Waals surface area contributed by atoms with Crippen molar-refractivity contribution in [2.45, 2.75) is 23.8 Å². The maximum absolute atomic E-state index is 13.5. The van der Waals surface area contributed by atoms with E-state index in [1.807, 2.05) is 0 Å². The quantitative estimate of drug-likeness (QED) is 0.573. The van der Waals surface area contributed by atoms with E-state index >= 15 is 0 Å². The van der Waals surface area contributed by atoms with Crippen LogP contribution in [-0.4, -0.2) is 57.4 Å². The molecule has 2 aliphatic rings. The lowest BCUT2D eigenvalue weighted by Gasteiger charge is -2.38. The summed E-state index contributed by atoms with van der Waals surface area (Å²) >= 11 is 3.31. The molecule has 1 amide bonds. The topological polar surface area (TPSA) is 93.2 Å². The van der Waals surface area contributed by atoms with E-state index in [9.17, 15) is 18.0 Å². The van der Waals surface area contributed by atoms with Gasteiger partial charge in [0.25, 0.3) is 0 Å². The van der Waals surface area contributed by atoms with Crippen LogP contribution in [0.25, 0.3) is 0 Å². The summed E-state index contributed by atoms with van der Waals surface area (Å²) in [6.07, 6.45) is 0.191. The number of para-hydroxylation sites is 2. The number of halogens is 1.